The van der Waals surface area contributed by atoms with Gasteiger partial charge in [-0.05, 0) is 30.3 Å². The molecule has 19 heavy (non-hydrogen) atoms. The number of rotatable bonds is 3. The van der Waals surface area contributed by atoms with Crippen LogP contribution in [0.2, 0.25) is 5.02 Å². The maximum Gasteiger partial charge on any atom is 0.130 e. The Bertz CT molecular complexity index is 582. The van der Waals surface area contributed by atoms with Crippen LogP contribution in [0.4, 0.5) is 8.78 Å². The second-order valence-electron chi connectivity index (χ2n) is 3.92. The van der Waals surface area contributed by atoms with Gasteiger partial charge in [0.2, 0.25) is 0 Å². The molecule has 0 heterocycles. The van der Waals surface area contributed by atoms with E-state index in [9.17, 15) is 13.9 Å². The highest BCUT2D eigenvalue weighted by atomic mass is 35.5. The van der Waals surface area contributed by atoms with E-state index in [1.54, 1.807) is 0 Å². The lowest BCUT2D eigenvalue weighted by molar-refractivity contribution is 0.209. The van der Waals surface area contributed by atoms with Gasteiger partial charge in [0.25, 0.3) is 0 Å². The molecule has 2 aromatic rings. The Morgan fingerprint density at radius 2 is 1.95 bits per heavy atom. The fourth-order valence-corrected chi connectivity index (χ4v) is 2.11. The zero-order chi connectivity index (χ0) is 14.0. The molecule has 0 amide bonds. The van der Waals surface area contributed by atoms with Gasteiger partial charge in [-0.3, -0.25) is 0 Å². The monoisotopic (exact) mass is 284 g/mol. The Morgan fingerprint density at radius 1 is 1.21 bits per heavy atom. The molecule has 5 heteroatoms. The van der Waals surface area contributed by atoms with E-state index in [2.05, 4.69) is 0 Å². The molecule has 0 saturated heterocycles. The van der Waals surface area contributed by atoms with Crippen molar-refractivity contribution in [1.29, 1.82) is 0 Å². The summed E-state index contributed by atoms with van der Waals surface area (Å²) < 4.78 is 32.0. The van der Waals surface area contributed by atoms with Crippen molar-refractivity contribution in [2.24, 2.45) is 0 Å². The lowest BCUT2D eigenvalue weighted by Gasteiger charge is -2.17. The zero-order valence-corrected chi connectivity index (χ0v) is 10.8. The van der Waals surface area contributed by atoms with Gasteiger partial charge in [-0.2, -0.15) is 0 Å². The summed E-state index contributed by atoms with van der Waals surface area (Å²) in [6.45, 7) is 0. The number of halogens is 3. The lowest BCUT2D eigenvalue weighted by atomic mass is 10.00. The van der Waals surface area contributed by atoms with Crippen molar-refractivity contribution in [3.8, 4) is 5.75 Å². The van der Waals surface area contributed by atoms with Crippen molar-refractivity contribution in [2.75, 3.05) is 7.11 Å². The number of methoxy groups -OCH3 is 1. The van der Waals surface area contributed by atoms with Crippen LogP contribution in [-0.2, 0) is 0 Å². The SMILES string of the molecule is COc1ccc(F)cc1C(O)c1c(F)cccc1Cl. The highest BCUT2D eigenvalue weighted by molar-refractivity contribution is 6.31. The molecular weight excluding hydrogens is 274 g/mol. The van der Waals surface area contributed by atoms with E-state index >= 15 is 0 Å². The highest BCUT2D eigenvalue weighted by Gasteiger charge is 2.22. The Morgan fingerprint density at radius 3 is 2.58 bits per heavy atom. The van der Waals surface area contributed by atoms with E-state index in [1.807, 2.05) is 0 Å². The molecule has 2 nitrogen and oxygen atoms in total. The molecule has 2 rings (SSSR count). The van der Waals surface area contributed by atoms with E-state index in [0.29, 0.717) is 0 Å². The predicted molar refractivity (Wildman–Crippen MR) is 68.4 cm³/mol. The van der Waals surface area contributed by atoms with Crippen LogP contribution in [0.1, 0.15) is 17.2 Å². The van der Waals surface area contributed by atoms with E-state index in [1.165, 1.54) is 37.4 Å². The minimum Gasteiger partial charge on any atom is -0.496 e. The summed E-state index contributed by atoms with van der Waals surface area (Å²) in [5, 5.41) is 10.3. The first kappa shape index (κ1) is 13.8. The Labute approximate surface area is 114 Å². The fraction of sp³-hybridized carbons (Fsp3) is 0.143. The largest absolute Gasteiger partial charge is 0.496 e. The number of hydrogen-bond acceptors (Lipinski definition) is 2. The summed E-state index contributed by atoms with van der Waals surface area (Å²) in [4.78, 5) is 0. The molecule has 0 aliphatic heterocycles. The van der Waals surface area contributed by atoms with E-state index in [0.717, 1.165) is 6.07 Å². The standard InChI is InChI=1S/C14H11ClF2O2/c1-19-12-6-5-8(16)7-9(12)14(18)13-10(15)3-2-4-11(13)17/h2-7,14,18H,1H3. The summed E-state index contributed by atoms with van der Waals surface area (Å²) in [6.07, 6.45) is -1.40. The second-order valence-corrected chi connectivity index (χ2v) is 4.33. The van der Waals surface area contributed by atoms with Gasteiger partial charge in [0.1, 0.15) is 23.5 Å². The Balaban J connectivity index is 2.55. The summed E-state index contributed by atoms with van der Waals surface area (Å²) in [7, 11) is 1.38. The van der Waals surface area contributed by atoms with Crippen molar-refractivity contribution in [2.45, 2.75) is 6.10 Å². The van der Waals surface area contributed by atoms with Gasteiger partial charge in [-0.15, -0.1) is 0 Å². The molecule has 0 saturated carbocycles. The van der Waals surface area contributed by atoms with Gasteiger partial charge in [0, 0.05) is 16.1 Å². The molecule has 0 spiro atoms. The average Bonchev–Trinajstić information content (AvgIpc) is 2.38. The quantitative estimate of drug-likeness (QED) is 0.931. The molecule has 0 radical (unpaired) electrons. The van der Waals surface area contributed by atoms with Gasteiger partial charge in [-0.25, -0.2) is 8.78 Å². The Hall–Kier alpha value is -1.65. The lowest BCUT2D eigenvalue weighted by Crippen LogP contribution is -2.06. The van der Waals surface area contributed by atoms with Crippen molar-refractivity contribution in [3.63, 3.8) is 0 Å². The van der Waals surface area contributed by atoms with Crippen LogP contribution in [0.5, 0.6) is 5.75 Å². The first-order valence-corrected chi connectivity index (χ1v) is 5.87. The van der Waals surface area contributed by atoms with E-state index in [4.69, 9.17) is 16.3 Å². The normalized spacial score (nSPS) is 12.3. The summed E-state index contributed by atoms with van der Waals surface area (Å²) in [5.41, 5.74) is 0.0163. The van der Waals surface area contributed by atoms with Gasteiger partial charge in [0.05, 0.1) is 7.11 Å². The zero-order valence-electron chi connectivity index (χ0n) is 10.0. The molecule has 100 valence electrons. The van der Waals surface area contributed by atoms with Crippen LogP contribution in [0.25, 0.3) is 0 Å². The van der Waals surface area contributed by atoms with E-state index in [-0.39, 0.29) is 21.9 Å². The van der Waals surface area contributed by atoms with Crippen LogP contribution in [0.15, 0.2) is 36.4 Å². The van der Waals surface area contributed by atoms with Crippen molar-refractivity contribution >= 4 is 11.6 Å². The first-order valence-electron chi connectivity index (χ1n) is 5.50. The van der Waals surface area contributed by atoms with Crippen LogP contribution < -0.4 is 4.74 Å². The predicted octanol–water partition coefficient (Wildman–Crippen LogP) is 3.71. The van der Waals surface area contributed by atoms with Gasteiger partial charge in [-0.1, -0.05) is 17.7 Å². The number of ether oxygens (including phenoxy) is 1. The minimum absolute atomic E-state index is 0.0683. The number of aliphatic hydroxyl groups is 1. The highest BCUT2D eigenvalue weighted by Crippen LogP contribution is 2.35. The first-order chi connectivity index (χ1) is 9.04. The number of aliphatic hydroxyl groups excluding tert-OH is 1. The third kappa shape index (κ3) is 2.69. The van der Waals surface area contributed by atoms with Gasteiger partial charge >= 0.3 is 0 Å². The van der Waals surface area contributed by atoms with Crippen molar-refractivity contribution in [1.82, 2.24) is 0 Å². The third-order valence-electron chi connectivity index (χ3n) is 2.76. The molecule has 0 aliphatic carbocycles. The van der Waals surface area contributed by atoms with E-state index < -0.39 is 17.7 Å². The molecule has 0 fully saturated rings. The molecular formula is C14H11ClF2O2. The molecule has 0 bridgehead atoms. The smallest absolute Gasteiger partial charge is 0.130 e. The second kappa shape index (κ2) is 5.55. The molecule has 0 aromatic heterocycles. The fourth-order valence-electron chi connectivity index (χ4n) is 1.85. The van der Waals surface area contributed by atoms with Crippen LogP contribution >= 0.6 is 11.6 Å². The van der Waals surface area contributed by atoms with Crippen LogP contribution in [0.3, 0.4) is 0 Å². The summed E-state index contributed by atoms with van der Waals surface area (Å²) in [5.74, 6) is -0.957. The number of benzene rings is 2. The molecule has 1 unspecified atom stereocenters. The summed E-state index contributed by atoms with van der Waals surface area (Å²) in [6, 6.07) is 7.70. The van der Waals surface area contributed by atoms with Gasteiger partial charge in [0.15, 0.2) is 0 Å². The topological polar surface area (TPSA) is 29.5 Å². The maximum absolute atomic E-state index is 13.7. The van der Waals surface area contributed by atoms with Crippen LogP contribution in [0, 0.1) is 11.6 Å². The average molecular weight is 285 g/mol. The van der Waals surface area contributed by atoms with Crippen molar-refractivity contribution in [3.05, 3.63) is 64.2 Å². The Kier molecular flexibility index (Phi) is 4.02. The van der Waals surface area contributed by atoms with Crippen molar-refractivity contribution < 1.29 is 18.6 Å². The molecule has 1 atom stereocenters. The number of hydrogen-bond donors (Lipinski definition) is 1. The third-order valence-corrected chi connectivity index (χ3v) is 3.09. The molecule has 2 aromatic carbocycles. The maximum atomic E-state index is 13.7. The van der Waals surface area contributed by atoms with Crippen LogP contribution in [-0.4, -0.2) is 12.2 Å². The van der Waals surface area contributed by atoms with Gasteiger partial charge < -0.3 is 9.84 Å². The molecule has 1 N–H and O–H groups in total. The minimum atomic E-state index is -1.40. The molecule has 0 aliphatic rings. The summed E-state index contributed by atoms with van der Waals surface area (Å²) >= 11 is 5.88.